The number of nitrogens with zero attached hydrogens (tertiary/aromatic N) is 1. The van der Waals surface area contributed by atoms with Crippen molar-refractivity contribution < 1.29 is 4.74 Å². The lowest BCUT2D eigenvalue weighted by atomic mass is 10.1. The lowest BCUT2D eigenvalue weighted by Crippen LogP contribution is -2.44. The van der Waals surface area contributed by atoms with Crippen LogP contribution in [-0.2, 0) is 4.74 Å². The van der Waals surface area contributed by atoms with E-state index in [1.165, 1.54) is 38.8 Å². The molecular formula is C12H24N2O. The van der Waals surface area contributed by atoms with Gasteiger partial charge in [-0.1, -0.05) is 0 Å². The Morgan fingerprint density at radius 3 is 2.93 bits per heavy atom. The minimum absolute atomic E-state index is 0.688. The van der Waals surface area contributed by atoms with Crippen molar-refractivity contribution in [2.75, 3.05) is 39.9 Å². The quantitative estimate of drug-likeness (QED) is 0.667. The molecule has 1 atom stereocenters. The summed E-state index contributed by atoms with van der Waals surface area (Å²) in [6.45, 7) is 5.35. The predicted octanol–water partition coefficient (Wildman–Crippen LogP) is 1.10. The monoisotopic (exact) mass is 212 g/mol. The van der Waals surface area contributed by atoms with Gasteiger partial charge in [0.1, 0.15) is 0 Å². The molecule has 1 saturated heterocycles. The Labute approximate surface area is 93.2 Å². The van der Waals surface area contributed by atoms with E-state index in [1.54, 1.807) is 0 Å². The molecule has 1 heterocycles. The highest BCUT2D eigenvalue weighted by atomic mass is 16.5. The van der Waals surface area contributed by atoms with E-state index in [2.05, 4.69) is 17.3 Å². The highest BCUT2D eigenvalue weighted by Crippen LogP contribution is 2.28. The van der Waals surface area contributed by atoms with Crippen LogP contribution in [0.5, 0.6) is 0 Å². The first-order valence-electron chi connectivity index (χ1n) is 6.34. The molecule has 3 nitrogen and oxygen atoms in total. The van der Waals surface area contributed by atoms with Gasteiger partial charge in [0.15, 0.2) is 0 Å². The molecular weight excluding hydrogens is 188 g/mol. The first-order valence-corrected chi connectivity index (χ1v) is 6.34. The van der Waals surface area contributed by atoms with Crippen molar-refractivity contribution in [1.29, 1.82) is 0 Å². The van der Waals surface area contributed by atoms with Crippen LogP contribution < -0.4 is 5.32 Å². The molecule has 3 heteroatoms. The molecule has 2 aliphatic rings. The zero-order valence-electron chi connectivity index (χ0n) is 9.87. The Morgan fingerprint density at radius 2 is 2.20 bits per heavy atom. The van der Waals surface area contributed by atoms with Crippen molar-refractivity contribution in [2.24, 2.45) is 5.92 Å². The predicted molar refractivity (Wildman–Crippen MR) is 62.1 cm³/mol. The topological polar surface area (TPSA) is 24.5 Å². The fraction of sp³-hybridized carbons (Fsp3) is 1.00. The standard InChI is InChI=1S/C12H24N2O/c1-14-7-2-3-12(9-14)13-6-8-15-10-11-4-5-11/h11-13H,2-10H2,1H3. The Kier molecular flexibility index (Phi) is 4.42. The molecule has 1 unspecified atom stereocenters. The molecule has 15 heavy (non-hydrogen) atoms. The van der Waals surface area contributed by atoms with Crippen LogP contribution >= 0.6 is 0 Å². The van der Waals surface area contributed by atoms with E-state index in [1.807, 2.05) is 0 Å². The Balaban J connectivity index is 1.45. The summed E-state index contributed by atoms with van der Waals surface area (Å²) in [4.78, 5) is 2.41. The van der Waals surface area contributed by atoms with Crippen molar-refractivity contribution in [3.8, 4) is 0 Å². The second-order valence-corrected chi connectivity index (χ2v) is 5.07. The summed E-state index contributed by atoms with van der Waals surface area (Å²) >= 11 is 0. The van der Waals surface area contributed by atoms with Gasteiger partial charge in [0.25, 0.3) is 0 Å². The first-order chi connectivity index (χ1) is 7.34. The summed E-state index contributed by atoms with van der Waals surface area (Å²) in [5.74, 6) is 0.894. The van der Waals surface area contributed by atoms with Gasteiger partial charge in [-0.15, -0.1) is 0 Å². The first kappa shape index (κ1) is 11.4. The maximum Gasteiger partial charge on any atom is 0.0591 e. The normalized spacial score (nSPS) is 28.2. The SMILES string of the molecule is CN1CCCC(NCCOCC2CC2)C1. The minimum Gasteiger partial charge on any atom is -0.380 e. The van der Waals surface area contributed by atoms with Gasteiger partial charge in [0, 0.05) is 25.7 Å². The smallest absolute Gasteiger partial charge is 0.0591 e. The van der Waals surface area contributed by atoms with E-state index in [0.717, 1.165) is 25.7 Å². The molecule has 0 spiro atoms. The highest BCUT2D eigenvalue weighted by molar-refractivity contribution is 4.76. The molecule has 0 radical (unpaired) electrons. The van der Waals surface area contributed by atoms with Crippen LogP contribution in [-0.4, -0.2) is 50.8 Å². The van der Waals surface area contributed by atoms with E-state index in [0.29, 0.717) is 6.04 Å². The number of hydrogen-bond acceptors (Lipinski definition) is 3. The van der Waals surface area contributed by atoms with Crippen molar-refractivity contribution in [3.63, 3.8) is 0 Å². The highest BCUT2D eigenvalue weighted by Gasteiger charge is 2.21. The van der Waals surface area contributed by atoms with E-state index < -0.39 is 0 Å². The summed E-state index contributed by atoms with van der Waals surface area (Å²) in [7, 11) is 2.21. The molecule has 1 aliphatic heterocycles. The fourth-order valence-electron chi connectivity index (χ4n) is 2.20. The Hall–Kier alpha value is -0.120. The molecule has 0 aromatic heterocycles. The molecule has 1 aliphatic carbocycles. The van der Waals surface area contributed by atoms with Gasteiger partial charge in [-0.25, -0.2) is 0 Å². The summed E-state index contributed by atoms with van der Waals surface area (Å²) < 4.78 is 5.60. The lowest BCUT2D eigenvalue weighted by Gasteiger charge is -2.30. The van der Waals surface area contributed by atoms with E-state index in [-0.39, 0.29) is 0 Å². The third-order valence-electron chi connectivity index (χ3n) is 3.35. The molecule has 0 aromatic rings. The third kappa shape index (κ3) is 4.49. The van der Waals surface area contributed by atoms with Crippen LogP contribution in [0.3, 0.4) is 0 Å². The average molecular weight is 212 g/mol. The number of rotatable bonds is 6. The van der Waals surface area contributed by atoms with Gasteiger partial charge in [-0.05, 0) is 45.2 Å². The summed E-state index contributed by atoms with van der Waals surface area (Å²) in [5, 5.41) is 3.58. The van der Waals surface area contributed by atoms with Gasteiger partial charge < -0.3 is 15.0 Å². The van der Waals surface area contributed by atoms with Crippen molar-refractivity contribution in [3.05, 3.63) is 0 Å². The fourth-order valence-corrected chi connectivity index (χ4v) is 2.20. The average Bonchev–Trinajstić information content (AvgIpc) is 3.01. The molecule has 88 valence electrons. The molecule has 0 aromatic carbocycles. The van der Waals surface area contributed by atoms with Crippen molar-refractivity contribution >= 4 is 0 Å². The van der Waals surface area contributed by atoms with E-state index in [9.17, 15) is 0 Å². The zero-order valence-corrected chi connectivity index (χ0v) is 9.87. The maximum absolute atomic E-state index is 5.60. The number of nitrogens with one attached hydrogen (secondary N) is 1. The van der Waals surface area contributed by atoms with Crippen LogP contribution in [0.1, 0.15) is 25.7 Å². The van der Waals surface area contributed by atoms with Crippen LogP contribution in [0.15, 0.2) is 0 Å². The number of piperidine rings is 1. The van der Waals surface area contributed by atoms with Crippen molar-refractivity contribution in [1.82, 2.24) is 10.2 Å². The van der Waals surface area contributed by atoms with Crippen molar-refractivity contribution in [2.45, 2.75) is 31.7 Å². The van der Waals surface area contributed by atoms with Gasteiger partial charge in [0.05, 0.1) is 6.61 Å². The lowest BCUT2D eigenvalue weighted by molar-refractivity contribution is 0.120. The number of likely N-dealkylation sites (N-methyl/N-ethyl adjacent to an activating group) is 1. The van der Waals surface area contributed by atoms with Gasteiger partial charge >= 0.3 is 0 Å². The second kappa shape index (κ2) is 5.83. The van der Waals surface area contributed by atoms with Gasteiger partial charge in [-0.3, -0.25) is 0 Å². The molecule has 0 amide bonds. The number of likely N-dealkylation sites (tertiary alicyclic amines) is 1. The number of hydrogen-bond donors (Lipinski definition) is 1. The molecule has 1 N–H and O–H groups in total. The van der Waals surface area contributed by atoms with E-state index >= 15 is 0 Å². The summed E-state index contributed by atoms with van der Waals surface area (Å²) in [6, 6.07) is 0.688. The zero-order chi connectivity index (χ0) is 10.5. The summed E-state index contributed by atoms with van der Waals surface area (Å²) in [6.07, 6.45) is 5.44. The minimum atomic E-state index is 0.688. The van der Waals surface area contributed by atoms with Crippen LogP contribution in [0.4, 0.5) is 0 Å². The van der Waals surface area contributed by atoms with E-state index in [4.69, 9.17) is 4.74 Å². The summed E-state index contributed by atoms with van der Waals surface area (Å²) in [5.41, 5.74) is 0. The largest absolute Gasteiger partial charge is 0.380 e. The van der Waals surface area contributed by atoms with Gasteiger partial charge in [-0.2, -0.15) is 0 Å². The maximum atomic E-state index is 5.60. The Morgan fingerprint density at radius 1 is 1.33 bits per heavy atom. The second-order valence-electron chi connectivity index (χ2n) is 5.07. The molecule has 2 rings (SSSR count). The number of ether oxygens (including phenoxy) is 1. The van der Waals surface area contributed by atoms with Crippen LogP contribution in [0.2, 0.25) is 0 Å². The van der Waals surface area contributed by atoms with Gasteiger partial charge in [0.2, 0.25) is 0 Å². The molecule has 1 saturated carbocycles. The Bertz CT molecular complexity index is 182. The molecule has 0 bridgehead atoms. The third-order valence-corrected chi connectivity index (χ3v) is 3.35. The van der Waals surface area contributed by atoms with Crippen LogP contribution in [0, 0.1) is 5.92 Å². The molecule has 2 fully saturated rings. The van der Waals surface area contributed by atoms with Crippen LogP contribution in [0.25, 0.3) is 0 Å².